The molecule has 0 radical (unpaired) electrons. The number of fused-ring (bicyclic) bond motifs is 3. The van der Waals surface area contributed by atoms with Crippen LogP contribution in [0.15, 0.2) is 95.9 Å². The maximum Gasteiger partial charge on any atom is 0.490 e. The lowest BCUT2D eigenvalue weighted by Gasteiger charge is -2.41. The fourth-order valence-corrected chi connectivity index (χ4v) is 8.63. The number of rotatable bonds is 10. The smallest absolute Gasteiger partial charge is 0.490 e. The number of benzene rings is 4. The first kappa shape index (κ1) is 39.9. The van der Waals surface area contributed by atoms with E-state index < -0.39 is 45.6 Å². The number of nitrogens with zero attached hydrogens (tertiary/aromatic N) is 1. The van der Waals surface area contributed by atoms with Gasteiger partial charge in [-0.2, -0.15) is 26.7 Å². The summed E-state index contributed by atoms with van der Waals surface area (Å²) >= 11 is 0. The van der Waals surface area contributed by atoms with Crippen molar-refractivity contribution < 1.29 is 54.5 Å². The Morgan fingerprint density at radius 3 is 1.93 bits per heavy atom. The molecule has 1 aliphatic carbocycles. The zero-order valence-corrected chi connectivity index (χ0v) is 30.2. The number of hydrogen-bond donors (Lipinski definition) is 3. The fraction of sp³-hybridized carbons (Fsp3) is 0.385. The van der Waals surface area contributed by atoms with Crippen LogP contribution in [0.1, 0.15) is 56.9 Å². The largest absolute Gasteiger partial charge is 0.490 e. The Morgan fingerprint density at radius 2 is 1.33 bits per heavy atom. The monoisotopic (exact) mass is 789 g/mol. The van der Waals surface area contributed by atoms with E-state index in [1.54, 1.807) is 42.5 Å². The minimum Gasteiger partial charge on any atom is -0.490 e. The number of carbonyl (C=O) groups excluding carboxylic acids is 1. The van der Waals surface area contributed by atoms with E-state index >= 15 is 8.78 Å². The van der Waals surface area contributed by atoms with Gasteiger partial charge in [0.15, 0.2) is 6.04 Å². The zero-order chi connectivity index (χ0) is 39.5. The predicted octanol–water partition coefficient (Wildman–Crippen LogP) is 7.51. The SMILES string of the molecule is NC1CC2CCC(C1)N2C(=O)[C@H](NS(=O)(=O)c1ccc2cc(OC3CCCC3)ccc2c1)C(F)(F)c1ccc(Oc2ccccc2)cc1.O=C(O)C(F)(F)F. The van der Waals surface area contributed by atoms with Gasteiger partial charge in [-0.05, 0) is 123 Å². The van der Waals surface area contributed by atoms with E-state index in [1.165, 1.54) is 29.2 Å². The summed E-state index contributed by atoms with van der Waals surface area (Å²) in [7, 11) is -4.59. The number of nitrogens with one attached hydrogen (secondary N) is 1. The number of para-hydroxylation sites is 1. The summed E-state index contributed by atoms with van der Waals surface area (Å²) in [4.78, 5) is 24.3. The Bertz CT molecular complexity index is 2080. The standard InChI is InChI=1S/C37H39F2N3O5S.C2HF3O2/c38-37(39,26-12-17-32(18-13-26)46-30-6-2-1-3-7-30)35(36(43)42-28-14-15-29(42)23-27(40)22-28)41-48(44,45)34-19-11-24-20-33(16-10-25(24)21-34)47-31-8-4-5-9-31;3-2(4,5)1(6)7/h1-3,6-7,10-13,16-21,27-29,31,35,41H,4-5,8-9,14-15,22-23,40H2;(H,6,7)/t27?,28?,29?,35-;/m0./s1. The molecule has 0 spiro atoms. The number of ether oxygens (including phenoxy) is 2. The Morgan fingerprint density at radius 1 is 0.782 bits per heavy atom. The molecule has 2 bridgehead atoms. The van der Waals surface area contributed by atoms with E-state index in [4.69, 9.17) is 25.1 Å². The second-order valence-electron chi connectivity index (χ2n) is 14.0. The number of piperidine rings is 1. The van der Waals surface area contributed by atoms with E-state index in [0.29, 0.717) is 48.3 Å². The van der Waals surface area contributed by atoms with Crippen LogP contribution in [0.3, 0.4) is 0 Å². The third kappa shape index (κ3) is 9.36. The molecule has 4 N–H and O–H groups in total. The Balaban J connectivity index is 0.000000672. The van der Waals surface area contributed by atoms with Crippen LogP contribution < -0.4 is 19.9 Å². The predicted molar refractivity (Wildman–Crippen MR) is 192 cm³/mol. The second kappa shape index (κ2) is 16.1. The molecule has 3 fully saturated rings. The third-order valence-electron chi connectivity index (χ3n) is 10.1. The molecule has 2 aliphatic heterocycles. The zero-order valence-electron chi connectivity index (χ0n) is 29.4. The van der Waals surface area contributed by atoms with Crippen LogP contribution in [0.2, 0.25) is 0 Å². The van der Waals surface area contributed by atoms with Crippen molar-refractivity contribution in [1.82, 2.24) is 9.62 Å². The highest BCUT2D eigenvalue weighted by Gasteiger charge is 2.53. The summed E-state index contributed by atoms with van der Waals surface area (Å²) in [5.41, 5.74) is 5.68. The van der Waals surface area contributed by atoms with Crippen LogP contribution in [-0.4, -0.2) is 66.7 Å². The van der Waals surface area contributed by atoms with Crippen molar-refractivity contribution in [2.45, 2.75) is 98.6 Å². The first-order valence-corrected chi connectivity index (χ1v) is 19.3. The molecule has 7 rings (SSSR count). The van der Waals surface area contributed by atoms with Gasteiger partial charge in [0.2, 0.25) is 15.9 Å². The van der Waals surface area contributed by atoms with Gasteiger partial charge in [0.1, 0.15) is 17.2 Å². The quantitative estimate of drug-likeness (QED) is 0.140. The number of halogens is 5. The van der Waals surface area contributed by atoms with Crippen molar-refractivity contribution >= 4 is 32.7 Å². The molecule has 4 aromatic carbocycles. The van der Waals surface area contributed by atoms with E-state index in [0.717, 1.165) is 43.2 Å². The van der Waals surface area contributed by atoms with Crippen molar-refractivity contribution in [2.75, 3.05) is 0 Å². The van der Waals surface area contributed by atoms with Crippen LogP contribution in [0, 0.1) is 0 Å². The molecule has 4 aromatic rings. The Hall–Kier alpha value is -4.80. The normalized spacial score (nSPS) is 20.8. The summed E-state index contributed by atoms with van der Waals surface area (Å²) in [6.45, 7) is 0. The number of carboxylic acids is 1. The lowest BCUT2D eigenvalue weighted by molar-refractivity contribution is -0.192. The summed E-state index contributed by atoms with van der Waals surface area (Å²) in [6.07, 6.45) is 1.60. The van der Waals surface area contributed by atoms with E-state index in [-0.39, 0.29) is 29.1 Å². The molecular weight excluding hydrogens is 750 g/mol. The molecular formula is C39H40F5N3O7S. The second-order valence-corrected chi connectivity index (χ2v) is 15.7. The number of nitrogens with two attached hydrogens (primary N) is 1. The molecule has 2 unspecified atom stereocenters. The minimum atomic E-state index is -5.08. The fourth-order valence-electron chi connectivity index (χ4n) is 7.41. The van der Waals surface area contributed by atoms with E-state index in [9.17, 15) is 26.4 Å². The summed E-state index contributed by atoms with van der Waals surface area (Å²) < 4.78 is 107. The number of carboxylic acid groups (broad SMARTS) is 1. The maximum atomic E-state index is 16.6. The average molecular weight is 790 g/mol. The minimum absolute atomic E-state index is 0.138. The summed E-state index contributed by atoms with van der Waals surface area (Å²) in [5, 5.41) is 8.48. The van der Waals surface area contributed by atoms with Crippen LogP contribution >= 0.6 is 0 Å². The van der Waals surface area contributed by atoms with Crippen molar-refractivity contribution in [2.24, 2.45) is 5.73 Å². The van der Waals surface area contributed by atoms with E-state index in [2.05, 4.69) is 4.72 Å². The lowest BCUT2D eigenvalue weighted by atomic mass is 9.94. The highest BCUT2D eigenvalue weighted by atomic mass is 32.2. The molecule has 10 nitrogen and oxygen atoms in total. The molecule has 0 aromatic heterocycles. The van der Waals surface area contributed by atoms with Gasteiger partial charge in [-0.25, -0.2) is 13.2 Å². The number of carbonyl (C=O) groups is 2. The van der Waals surface area contributed by atoms with Crippen LogP contribution in [0.25, 0.3) is 10.8 Å². The van der Waals surface area contributed by atoms with Crippen molar-refractivity contribution in [3.05, 3.63) is 96.6 Å². The first-order valence-electron chi connectivity index (χ1n) is 17.8. The van der Waals surface area contributed by atoms with Gasteiger partial charge in [-0.1, -0.05) is 30.3 Å². The molecule has 16 heteroatoms. The average Bonchev–Trinajstić information content (AvgIpc) is 3.75. The van der Waals surface area contributed by atoms with Crippen molar-refractivity contribution in [1.29, 1.82) is 0 Å². The molecule has 3 atom stereocenters. The van der Waals surface area contributed by atoms with Gasteiger partial charge in [-0.15, -0.1) is 0 Å². The number of amides is 1. The number of alkyl halides is 5. The van der Waals surface area contributed by atoms with Crippen LogP contribution in [0.5, 0.6) is 17.2 Å². The molecule has 294 valence electrons. The molecule has 55 heavy (non-hydrogen) atoms. The molecule has 3 aliphatic rings. The molecule has 1 saturated carbocycles. The number of sulfonamides is 1. The van der Waals surface area contributed by atoms with E-state index in [1.807, 2.05) is 12.1 Å². The van der Waals surface area contributed by atoms with Gasteiger partial charge < -0.3 is 25.2 Å². The van der Waals surface area contributed by atoms with Crippen molar-refractivity contribution in [3.63, 3.8) is 0 Å². The number of hydrogen-bond acceptors (Lipinski definition) is 7. The van der Waals surface area contributed by atoms with Gasteiger partial charge in [-0.3, -0.25) is 4.79 Å². The van der Waals surface area contributed by atoms with Gasteiger partial charge in [0.05, 0.1) is 11.0 Å². The first-order chi connectivity index (χ1) is 26.0. The summed E-state index contributed by atoms with van der Waals surface area (Å²) in [6, 6.07) is 20.6. The van der Waals surface area contributed by atoms with Gasteiger partial charge in [0.25, 0.3) is 5.92 Å². The van der Waals surface area contributed by atoms with Crippen molar-refractivity contribution in [3.8, 4) is 17.2 Å². The third-order valence-corrected chi connectivity index (χ3v) is 11.5. The highest BCUT2D eigenvalue weighted by molar-refractivity contribution is 7.89. The molecule has 2 heterocycles. The Labute approximate surface area is 314 Å². The lowest BCUT2D eigenvalue weighted by Crippen LogP contribution is -2.60. The summed E-state index contributed by atoms with van der Waals surface area (Å²) in [5.74, 6) is -6.07. The van der Waals surface area contributed by atoms with Gasteiger partial charge >= 0.3 is 12.1 Å². The van der Waals surface area contributed by atoms with Crippen LogP contribution in [0.4, 0.5) is 22.0 Å². The molecule has 1 amide bonds. The maximum absolute atomic E-state index is 16.6. The van der Waals surface area contributed by atoms with Gasteiger partial charge in [0, 0.05) is 23.7 Å². The topological polar surface area (TPSA) is 148 Å². The Kier molecular flexibility index (Phi) is 11.7. The highest BCUT2D eigenvalue weighted by Crippen LogP contribution is 2.40. The number of aliphatic carboxylic acids is 1. The molecule has 2 saturated heterocycles. The van der Waals surface area contributed by atoms with Crippen LogP contribution in [-0.2, 0) is 25.5 Å².